The van der Waals surface area contributed by atoms with Gasteiger partial charge in [0.15, 0.2) is 0 Å². The maximum Gasteiger partial charge on any atom is 0.209 e. The lowest BCUT2D eigenvalue weighted by molar-refractivity contribution is 0.596. The van der Waals surface area contributed by atoms with Crippen molar-refractivity contribution in [3.63, 3.8) is 0 Å². The maximum absolute atomic E-state index is 10.6. The van der Waals surface area contributed by atoms with Gasteiger partial charge in [0.25, 0.3) is 0 Å². The van der Waals surface area contributed by atoms with Crippen LogP contribution in [0.5, 0.6) is 0 Å². The van der Waals surface area contributed by atoms with Crippen molar-refractivity contribution in [1.82, 2.24) is 4.98 Å². The first-order valence-electron chi connectivity index (χ1n) is 3.58. The molecular formula is C7H9ClN2O2S. The zero-order chi connectivity index (χ0) is 9.90. The zero-order valence-electron chi connectivity index (χ0n) is 6.77. The Morgan fingerprint density at radius 1 is 1.46 bits per heavy atom. The van der Waals surface area contributed by atoms with Crippen LogP contribution in [0.1, 0.15) is 5.69 Å². The summed E-state index contributed by atoms with van der Waals surface area (Å²) in [6, 6.07) is 3.33. The van der Waals surface area contributed by atoms with Gasteiger partial charge in [0.05, 0.1) is 10.8 Å². The molecule has 2 N–H and O–H groups in total. The third kappa shape index (κ3) is 4.21. The smallest absolute Gasteiger partial charge is 0.209 e. The fourth-order valence-electron chi connectivity index (χ4n) is 0.801. The Labute approximate surface area is 81.8 Å². The van der Waals surface area contributed by atoms with E-state index in [1.54, 1.807) is 12.1 Å². The number of pyridine rings is 1. The van der Waals surface area contributed by atoms with Crippen LogP contribution in [0.25, 0.3) is 0 Å². The fraction of sp³-hybridized carbons (Fsp3) is 0.286. The van der Waals surface area contributed by atoms with E-state index in [1.807, 2.05) is 0 Å². The molecule has 0 fully saturated rings. The summed E-state index contributed by atoms with van der Waals surface area (Å²) in [6.45, 7) is 0. The number of aromatic nitrogens is 1. The zero-order valence-corrected chi connectivity index (χ0v) is 8.35. The minimum atomic E-state index is -3.41. The topological polar surface area (TPSA) is 73.1 Å². The van der Waals surface area contributed by atoms with Gasteiger partial charge in [0.2, 0.25) is 10.0 Å². The summed E-state index contributed by atoms with van der Waals surface area (Å²) >= 11 is 5.60. The molecule has 72 valence electrons. The van der Waals surface area contributed by atoms with E-state index in [0.29, 0.717) is 17.1 Å². The molecule has 0 aliphatic rings. The first-order valence-corrected chi connectivity index (χ1v) is 5.67. The number of nitrogens with zero attached hydrogens (tertiary/aromatic N) is 1. The third-order valence-electron chi connectivity index (χ3n) is 1.43. The molecule has 1 aromatic rings. The third-order valence-corrected chi connectivity index (χ3v) is 2.43. The average Bonchev–Trinajstić information content (AvgIpc) is 2.02. The summed E-state index contributed by atoms with van der Waals surface area (Å²) < 4.78 is 21.2. The number of nitrogens with two attached hydrogens (primary N) is 1. The van der Waals surface area contributed by atoms with Crippen molar-refractivity contribution in [3.8, 4) is 0 Å². The molecule has 0 unspecified atom stereocenters. The van der Waals surface area contributed by atoms with Crippen LogP contribution in [0.15, 0.2) is 18.3 Å². The van der Waals surface area contributed by atoms with Crippen molar-refractivity contribution in [2.45, 2.75) is 6.42 Å². The summed E-state index contributed by atoms with van der Waals surface area (Å²) in [5.74, 6) is -0.0956. The van der Waals surface area contributed by atoms with Gasteiger partial charge in [-0.25, -0.2) is 13.6 Å². The van der Waals surface area contributed by atoms with Gasteiger partial charge in [-0.3, -0.25) is 4.98 Å². The van der Waals surface area contributed by atoms with Crippen LogP contribution in [0.2, 0.25) is 5.02 Å². The molecule has 0 amide bonds. The minimum Gasteiger partial charge on any atom is -0.260 e. The van der Waals surface area contributed by atoms with Gasteiger partial charge in [-0.2, -0.15) is 0 Å². The van der Waals surface area contributed by atoms with Crippen molar-refractivity contribution in [1.29, 1.82) is 0 Å². The van der Waals surface area contributed by atoms with Crippen LogP contribution in [0, 0.1) is 0 Å². The molecular weight excluding hydrogens is 212 g/mol. The van der Waals surface area contributed by atoms with E-state index in [4.69, 9.17) is 16.7 Å². The Morgan fingerprint density at radius 2 is 2.15 bits per heavy atom. The lowest BCUT2D eigenvalue weighted by Gasteiger charge is -1.98. The molecule has 4 nitrogen and oxygen atoms in total. The average molecular weight is 221 g/mol. The Bertz CT molecular complexity index is 374. The standard InChI is InChI=1S/C7H9ClN2O2S/c8-6-1-2-7(10-5-6)3-4-13(9,11)12/h1-2,5H,3-4H2,(H2,9,11,12). The van der Waals surface area contributed by atoms with Gasteiger partial charge in [-0.05, 0) is 12.1 Å². The first kappa shape index (κ1) is 10.4. The predicted molar refractivity (Wildman–Crippen MR) is 50.9 cm³/mol. The number of sulfonamides is 1. The number of aryl methyl sites for hydroxylation is 1. The largest absolute Gasteiger partial charge is 0.260 e. The number of hydrogen-bond acceptors (Lipinski definition) is 3. The van der Waals surface area contributed by atoms with Crippen LogP contribution in [-0.2, 0) is 16.4 Å². The Morgan fingerprint density at radius 3 is 2.62 bits per heavy atom. The number of halogens is 1. The molecule has 1 heterocycles. The van der Waals surface area contributed by atoms with E-state index in [0.717, 1.165) is 0 Å². The van der Waals surface area contributed by atoms with Crippen molar-refractivity contribution in [2.24, 2.45) is 5.14 Å². The van der Waals surface area contributed by atoms with Crippen molar-refractivity contribution in [3.05, 3.63) is 29.0 Å². The van der Waals surface area contributed by atoms with Crippen LogP contribution < -0.4 is 5.14 Å². The fourth-order valence-corrected chi connectivity index (χ4v) is 1.41. The highest BCUT2D eigenvalue weighted by Crippen LogP contribution is 2.06. The van der Waals surface area contributed by atoms with Crippen molar-refractivity contribution in [2.75, 3.05) is 5.75 Å². The molecule has 0 aliphatic carbocycles. The lowest BCUT2D eigenvalue weighted by Crippen LogP contribution is -2.18. The van der Waals surface area contributed by atoms with Gasteiger partial charge in [-0.15, -0.1) is 0 Å². The maximum atomic E-state index is 10.6. The second-order valence-electron chi connectivity index (χ2n) is 2.58. The van der Waals surface area contributed by atoms with E-state index < -0.39 is 10.0 Å². The van der Waals surface area contributed by atoms with Crippen molar-refractivity contribution < 1.29 is 8.42 Å². The summed E-state index contributed by atoms with van der Waals surface area (Å²) in [5, 5.41) is 5.36. The molecule has 0 spiro atoms. The SMILES string of the molecule is NS(=O)(=O)CCc1ccc(Cl)cn1. The molecule has 0 aromatic carbocycles. The van der Waals surface area contributed by atoms with E-state index >= 15 is 0 Å². The molecule has 1 aromatic heterocycles. The van der Waals surface area contributed by atoms with Crippen molar-refractivity contribution >= 4 is 21.6 Å². The monoisotopic (exact) mass is 220 g/mol. The van der Waals surface area contributed by atoms with E-state index in [9.17, 15) is 8.42 Å². The molecule has 0 bridgehead atoms. The Hall–Kier alpha value is -0.650. The van der Waals surface area contributed by atoms with E-state index in [1.165, 1.54) is 6.20 Å². The summed E-state index contributed by atoms with van der Waals surface area (Å²) in [5.41, 5.74) is 0.665. The quantitative estimate of drug-likeness (QED) is 0.809. The van der Waals surface area contributed by atoms with Gasteiger partial charge < -0.3 is 0 Å². The van der Waals surface area contributed by atoms with Crippen LogP contribution >= 0.6 is 11.6 Å². The second kappa shape index (κ2) is 4.04. The molecule has 0 aliphatic heterocycles. The van der Waals surface area contributed by atoms with Crippen LogP contribution in [0.3, 0.4) is 0 Å². The van der Waals surface area contributed by atoms with Gasteiger partial charge in [0, 0.05) is 18.3 Å². The highest BCUT2D eigenvalue weighted by Gasteiger charge is 2.03. The Kier molecular flexibility index (Phi) is 3.24. The number of primary sulfonamides is 1. The molecule has 0 atom stereocenters. The molecule has 0 radical (unpaired) electrons. The van der Waals surface area contributed by atoms with E-state index in [-0.39, 0.29) is 5.75 Å². The normalized spacial score (nSPS) is 11.5. The lowest BCUT2D eigenvalue weighted by atomic mass is 10.3. The molecule has 13 heavy (non-hydrogen) atoms. The molecule has 6 heteroatoms. The summed E-state index contributed by atoms with van der Waals surface area (Å²) in [7, 11) is -3.41. The highest BCUT2D eigenvalue weighted by molar-refractivity contribution is 7.89. The highest BCUT2D eigenvalue weighted by atomic mass is 35.5. The molecule has 0 saturated heterocycles. The van der Waals surface area contributed by atoms with E-state index in [2.05, 4.69) is 4.98 Å². The summed E-state index contributed by atoms with van der Waals surface area (Å²) in [6.07, 6.45) is 1.79. The van der Waals surface area contributed by atoms with Crippen LogP contribution in [-0.4, -0.2) is 19.2 Å². The first-order chi connectivity index (χ1) is 5.97. The predicted octanol–water partition coefficient (Wildman–Crippen LogP) is 0.566. The number of hydrogen-bond donors (Lipinski definition) is 1. The Balaban J connectivity index is 2.61. The van der Waals surface area contributed by atoms with Gasteiger partial charge in [-0.1, -0.05) is 11.6 Å². The minimum absolute atomic E-state index is 0.0956. The van der Waals surface area contributed by atoms with Gasteiger partial charge in [0.1, 0.15) is 0 Å². The summed E-state index contributed by atoms with van der Waals surface area (Å²) in [4.78, 5) is 3.93. The number of rotatable bonds is 3. The van der Waals surface area contributed by atoms with Crippen LogP contribution in [0.4, 0.5) is 0 Å². The second-order valence-corrected chi connectivity index (χ2v) is 4.76. The molecule has 1 rings (SSSR count). The van der Waals surface area contributed by atoms with Gasteiger partial charge >= 0.3 is 0 Å². The molecule has 0 saturated carbocycles.